The van der Waals surface area contributed by atoms with Crippen LogP contribution >= 0.6 is 0 Å². The predicted molar refractivity (Wildman–Crippen MR) is 159 cm³/mol. The number of anilines is 1. The van der Waals surface area contributed by atoms with Gasteiger partial charge in [-0.1, -0.05) is 6.58 Å². The van der Waals surface area contributed by atoms with E-state index < -0.39 is 29.3 Å². The topological polar surface area (TPSA) is 74.7 Å². The molecule has 4 fully saturated rings. The molecule has 3 aromatic rings. The van der Waals surface area contributed by atoms with Crippen molar-refractivity contribution in [1.82, 2.24) is 24.8 Å². The number of nitrogens with zero attached hydrogens (tertiary/aromatic N) is 6. The molecule has 4 atom stereocenters. The molecular formula is C33H34F4N6O2. The molecule has 0 spiro atoms. The van der Waals surface area contributed by atoms with Crippen LogP contribution in [0.5, 0.6) is 6.01 Å². The van der Waals surface area contributed by atoms with E-state index in [1.807, 2.05) is 4.90 Å². The van der Waals surface area contributed by atoms with Gasteiger partial charge in [0.2, 0.25) is 0 Å². The molecule has 6 heterocycles. The molecule has 0 bridgehead atoms. The van der Waals surface area contributed by atoms with Crippen LogP contribution in [0.2, 0.25) is 0 Å². The quantitative estimate of drug-likeness (QED) is 0.281. The number of carbonyl (C=O) groups is 1. The van der Waals surface area contributed by atoms with Crippen molar-refractivity contribution >= 4 is 22.6 Å². The molecule has 5 aliphatic rings. The molecule has 1 aromatic carbocycles. The zero-order valence-corrected chi connectivity index (χ0v) is 24.9. The summed E-state index contributed by atoms with van der Waals surface area (Å²) in [4.78, 5) is 31.8. The number of hydrogen-bond acceptors (Lipinski definition) is 7. The maximum atomic E-state index is 16.6. The Morgan fingerprint density at radius 3 is 2.71 bits per heavy atom. The smallest absolute Gasteiger partial charge is 0.319 e. The minimum Gasteiger partial charge on any atom is -0.461 e. The molecule has 0 N–H and O–H groups in total. The Bertz CT molecular complexity index is 1740. The zero-order chi connectivity index (χ0) is 31.0. The second-order valence-electron chi connectivity index (χ2n) is 13.1. The Labute approximate surface area is 258 Å². The number of hydrogen-bond donors (Lipinski definition) is 0. The summed E-state index contributed by atoms with van der Waals surface area (Å²) in [6, 6.07) is 2.55. The van der Waals surface area contributed by atoms with Crippen LogP contribution in [-0.2, 0) is 17.6 Å². The number of rotatable bonds is 6. The van der Waals surface area contributed by atoms with Crippen molar-refractivity contribution < 1.29 is 27.1 Å². The summed E-state index contributed by atoms with van der Waals surface area (Å²) in [5, 5.41) is 0.378. The second kappa shape index (κ2) is 10.6. The number of benzene rings is 1. The molecule has 4 aliphatic heterocycles. The van der Waals surface area contributed by atoms with Crippen LogP contribution in [0.1, 0.15) is 49.7 Å². The molecule has 4 saturated heterocycles. The van der Waals surface area contributed by atoms with Crippen molar-refractivity contribution in [3.8, 4) is 17.3 Å². The molecule has 12 heteroatoms. The van der Waals surface area contributed by atoms with Gasteiger partial charge >= 0.3 is 6.01 Å². The van der Waals surface area contributed by atoms with Crippen molar-refractivity contribution in [2.75, 3.05) is 37.7 Å². The van der Waals surface area contributed by atoms with E-state index >= 15 is 4.39 Å². The third-order valence-electron chi connectivity index (χ3n) is 10.7. The molecule has 45 heavy (non-hydrogen) atoms. The lowest BCUT2D eigenvalue weighted by Gasteiger charge is -2.47. The first kappa shape index (κ1) is 28.7. The Balaban J connectivity index is 1.20. The lowest BCUT2D eigenvalue weighted by atomic mass is 9.86. The highest BCUT2D eigenvalue weighted by atomic mass is 19.1. The van der Waals surface area contributed by atoms with Crippen molar-refractivity contribution in [2.45, 2.75) is 75.2 Å². The van der Waals surface area contributed by atoms with E-state index in [-0.39, 0.29) is 41.7 Å². The van der Waals surface area contributed by atoms with Crippen LogP contribution in [-0.4, -0.2) is 87.2 Å². The molecule has 2 aromatic heterocycles. The number of aromatic nitrogens is 3. The number of pyridine rings is 1. The first-order chi connectivity index (χ1) is 21.7. The summed E-state index contributed by atoms with van der Waals surface area (Å²) in [5.41, 5.74) is 1.60. The van der Waals surface area contributed by atoms with Gasteiger partial charge in [0.05, 0.1) is 23.0 Å². The number of ether oxygens (including phenoxy) is 1. The summed E-state index contributed by atoms with van der Waals surface area (Å²) in [7, 11) is 0. The number of alkyl halides is 1. The van der Waals surface area contributed by atoms with Crippen LogP contribution in [0.4, 0.5) is 23.4 Å². The van der Waals surface area contributed by atoms with E-state index in [1.165, 1.54) is 11.0 Å². The third kappa shape index (κ3) is 4.50. The van der Waals surface area contributed by atoms with Gasteiger partial charge in [0, 0.05) is 37.8 Å². The number of carbonyl (C=O) groups excluding carboxylic acids is 1. The minimum absolute atomic E-state index is 0.0234. The molecule has 0 unspecified atom stereocenters. The molecule has 8 rings (SSSR count). The Morgan fingerprint density at radius 1 is 1.07 bits per heavy atom. The summed E-state index contributed by atoms with van der Waals surface area (Å²) in [5.74, 6) is -2.24. The van der Waals surface area contributed by atoms with E-state index in [4.69, 9.17) is 9.72 Å². The van der Waals surface area contributed by atoms with E-state index in [1.54, 1.807) is 12.3 Å². The molecule has 8 nitrogen and oxygen atoms in total. The van der Waals surface area contributed by atoms with Gasteiger partial charge in [-0.2, -0.15) is 9.97 Å². The van der Waals surface area contributed by atoms with Gasteiger partial charge in [-0.15, -0.1) is 0 Å². The Morgan fingerprint density at radius 2 is 1.89 bits per heavy atom. The second-order valence-corrected chi connectivity index (χ2v) is 13.1. The van der Waals surface area contributed by atoms with Gasteiger partial charge in [-0.25, -0.2) is 17.6 Å². The van der Waals surface area contributed by atoms with Gasteiger partial charge in [0.25, 0.3) is 5.91 Å². The number of amides is 1. The van der Waals surface area contributed by atoms with Gasteiger partial charge in [0.15, 0.2) is 11.6 Å². The molecular weight excluding hydrogens is 588 g/mol. The van der Waals surface area contributed by atoms with E-state index in [9.17, 15) is 18.0 Å². The fourth-order valence-electron chi connectivity index (χ4n) is 8.46. The average Bonchev–Trinajstić information content (AvgIpc) is 3.66. The van der Waals surface area contributed by atoms with Crippen LogP contribution in [0, 0.1) is 11.6 Å². The standard InChI is InChI=1S/C33H34F4N6O2/c1-18(34)31(44)42-12-9-25-26(42)16-43(25)30-23-14-38-28(22-7-8-24(36)21-6-3-2-5-20(21)22)27(37)29(23)39-32(40-30)45-17-33-10-4-11-41(33)15-19(35)13-33/h7-8,14,19,25-26H,1-6,9-13,15-17H2/t19-,25-,26-,33+/m1/s1. The monoisotopic (exact) mass is 622 g/mol. The van der Waals surface area contributed by atoms with E-state index in [0.717, 1.165) is 37.8 Å². The minimum atomic E-state index is -0.998. The van der Waals surface area contributed by atoms with Crippen molar-refractivity contribution in [2.24, 2.45) is 0 Å². The predicted octanol–water partition coefficient (Wildman–Crippen LogP) is 5.08. The SMILES string of the molecule is C=C(F)C(=O)N1CC[C@@H]2[C@H]1CN2c1nc(OC[C@@]23CCCN2C[C@H](F)C3)nc2c(F)c(-c3ccc(F)c4c3CCCC4)ncc12. The molecule has 0 saturated carbocycles. The average molecular weight is 623 g/mol. The Hall–Kier alpha value is -3.80. The first-order valence-electron chi connectivity index (χ1n) is 15.8. The number of fused-ring (bicyclic) bond motifs is 4. The van der Waals surface area contributed by atoms with Crippen molar-refractivity contribution in [1.29, 1.82) is 0 Å². The van der Waals surface area contributed by atoms with Crippen molar-refractivity contribution in [3.63, 3.8) is 0 Å². The first-order valence-corrected chi connectivity index (χ1v) is 15.8. The molecule has 1 aliphatic carbocycles. The lowest BCUT2D eigenvalue weighted by Crippen LogP contribution is -2.63. The highest BCUT2D eigenvalue weighted by Crippen LogP contribution is 2.43. The highest BCUT2D eigenvalue weighted by molar-refractivity contribution is 5.94. The largest absolute Gasteiger partial charge is 0.461 e. The maximum absolute atomic E-state index is 16.6. The maximum Gasteiger partial charge on any atom is 0.319 e. The lowest BCUT2D eigenvalue weighted by molar-refractivity contribution is -0.130. The highest BCUT2D eigenvalue weighted by Gasteiger charge is 2.51. The molecule has 0 radical (unpaired) electrons. The third-order valence-corrected chi connectivity index (χ3v) is 10.7. The van der Waals surface area contributed by atoms with E-state index in [2.05, 4.69) is 21.4 Å². The normalized spacial score (nSPS) is 27.3. The van der Waals surface area contributed by atoms with Crippen LogP contribution in [0.15, 0.2) is 30.7 Å². The fourth-order valence-corrected chi connectivity index (χ4v) is 8.46. The summed E-state index contributed by atoms with van der Waals surface area (Å²) >= 11 is 0. The van der Waals surface area contributed by atoms with Gasteiger partial charge in [-0.05, 0) is 74.8 Å². The molecule has 236 valence electrons. The van der Waals surface area contributed by atoms with Gasteiger partial charge < -0.3 is 14.5 Å². The Kier molecular flexibility index (Phi) is 6.78. The zero-order valence-electron chi connectivity index (χ0n) is 24.9. The summed E-state index contributed by atoms with van der Waals surface area (Å²) < 4.78 is 65.6. The number of likely N-dealkylation sites (tertiary alicyclic amines) is 1. The number of halogens is 4. The summed E-state index contributed by atoms with van der Waals surface area (Å²) in [6.45, 7) is 5.25. The van der Waals surface area contributed by atoms with Gasteiger partial charge in [0.1, 0.15) is 35.6 Å². The van der Waals surface area contributed by atoms with E-state index in [0.29, 0.717) is 67.6 Å². The van der Waals surface area contributed by atoms with Crippen LogP contribution in [0.3, 0.4) is 0 Å². The molecule has 1 amide bonds. The fraction of sp³-hybridized carbons (Fsp3) is 0.515. The van der Waals surface area contributed by atoms with Crippen molar-refractivity contribution in [3.05, 3.63) is 53.5 Å². The van der Waals surface area contributed by atoms with Gasteiger partial charge in [-0.3, -0.25) is 14.7 Å². The van der Waals surface area contributed by atoms with Crippen LogP contribution in [0.25, 0.3) is 22.2 Å². The summed E-state index contributed by atoms with van der Waals surface area (Å²) in [6.07, 6.45) is 6.30. The van der Waals surface area contributed by atoms with Crippen LogP contribution < -0.4 is 9.64 Å².